The lowest BCUT2D eigenvalue weighted by Crippen LogP contribution is -2.48. The van der Waals surface area contributed by atoms with Crippen molar-refractivity contribution in [3.8, 4) is 12.3 Å². The van der Waals surface area contributed by atoms with Gasteiger partial charge in [-0.15, -0.1) is 18.8 Å². The summed E-state index contributed by atoms with van der Waals surface area (Å²) >= 11 is 0. The van der Waals surface area contributed by atoms with Gasteiger partial charge in [-0.05, 0) is 18.9 Å². The minimum atomic E-state index is -0.842. The summed E-state index contributed by atoms with van der Waals surface area (Å²) in [7, 11) is 1.50. The van der Waals surface area contributed by atoms with Gasteiger partial charge in [0.15, 0.2) is 0 Å². The zero-order valence-corrected chi connectivity index (χ0v) is 14.2. The van der Waals surface area contributed by atoms with Gasteiger partial charge in [-0.1, -0.05) is 24.1 Å². The van der Waals surface area contributed by atoms with Crippen molar-refractivity contribution >= 4 is 24.2 Å². The lowest BCUT2D eigenvalue weighted by atomic mass is 10.0. The summed E-state index contributed by atoms with van der Waals surface area (Å²) in [6.45, 7) is 0.675. The number of halogens is 2. The smallest absolute Gasteiger partial charge is 0.241 e. The zero-order chi connectivity index (χ0) is 16.8. The molecule has 0 radical (unpaired) electrons. The van der Waals surface area contributed by atoms with Gasteiger partial charge in [0.05, 0.1) is 12.6 Å². The Kier molecular flexibility index (Phi) is 7.69. The highest BCUT2D eigenvalue weighted by Crippen LogP contribution is 2.31. The number of benzene rings is 1. The third kappa shape index (κ3) is 4.25. The highest BCUT2D eigenvalue weighted by Gasteiger charge is 2.39. The first-order valence-electron chi connectivity index (χ1n) is 7.53. The minimum absolute atomic E-state index is 0. The number of carbonyl (C=O) groups excluding carboxylic acids is 2. The summed E-state index contributed by atoms with van der Waals surface area (Å²) < 4.78 is 14.2. The summed E-state index contributed by atoms with van der Waals surface area (Å²) in [4.78, 5) is 26.4. The number of likely N-dealkylation sites (N-methyl/N-ethyl adjacent to an activating group) is 1. The van der Waals surface area contributed by atoms with Crippen LogP contribution in [-0.2, 0) is 9.59 Å². The Morgan fingerprint density at radius 2 is 2.17 bits per heavy atom. The Morgan fingerprint density at radius 3 is 2.79 bits per heavy atom. The van der Waals surface area contributed by atoms with Crippen molar-refractivity contribution in [2.75, 3.05) is 20.1 Å². The van der Waals surface area contributed by atoms with E-state index in [1.807, 2.05) is 0 Å². The predicted octanol–water partition coefficient (Wildman–Crippen LogP) is 1.25. The number of nitrogens with zero attached hydrogens (tertiary/aromatic N) is 1. The molecule has 2 amide bonds. The second-order valence-corrected chi connectivity index (χ2v) is 5.36. The van der Waals surface area contributed by atoms with Gasteiger partial charge >= 0.3 is 0 Å². The van der Waals surface area contributed by atoms with Crippen molar-refractivity contribution in [1.82, 2.24) is 15.5 Å². The largest absolute Gasteiger partial charge is 0.358 e. The predicted molar refractivity (Wildman–Crippen MR) is 92.0 cm³/mol. The summed E-state index contributed by atoms with van der Waals surface area (Å²) in [6.07, 6.45) is 6.53. The van der Waals surface area contributed by atoms with Gasteiger partial charge in [0.1, 0.15) is 11.9 Å². The SMILES string of the molecule is C#CCNC(=O)[C@@H]1CCCN1[C@@H](C(=O)NC)c1ccccc1F.Cl. The number of hydrogen-bond donors (Lipinski definition) is 2. The Morgan fingerprint density at radius 1 is 1.46 bits per heavy atom. The van der Waals surface area contributed by atoms with Crippen LogP contribution >= 0.6 is 12.4 Å². The molecule has 0 aliphatic carbocycles. The van der Waals surface area contributed by atoms with E-state index >= 15 is 0 Å². The maximum atomic E-state index is 14.2. The van der Waals surface area contributed by atoms with E-state index in [2.05, 4.69) is 16.6 Å². The molecule has 1 aromatic carbocycles. The zero-order valence-electron chi connectivity index (χ0n) is 13.4. The molecule has 0 aromatic heterocycles. The van der Waals surface area contributed by atoms with Gasteiger partial charge in [-0.2, -0.15) is 0 Å². The number of likely N-dealkylation sites (tertiary alicyclic amines) is 1. The molecule has 24 heavy (non-hydrogen) atoms. The Balaban J connectivity index is 0.00000288. The summed E-state index contributed by atoms with van der Waals surface area (Å²) in [5.41, 5.74) is 0.267. The highest BCUT2D eigenvalue weighted by molar-refractivity contribution is 5.86. The Hall–Kier alpha value is -2.10. The van der Waals surface area contributed by atoms with Crippen molar-refractivity contribution in [2.24, 2.45) is 0 Å². The summed E-state index contributed by atoms with van der Waals surface area (Å²) in [5, 5.41) is 5.20. The quantitative estimate of drug-likeness (QED) is 0.783. The summed E-state index contributed by atoms with van der Waals surface area (Å²) in [6, 6.07) is 4.80. The molecule has 1 heterocycles. The molecule has 5 nitrogen and oxygen atoms in total. The third-order valence-corrected chi connectivity index (χ3v) is 3.99. The van der Waals surface area contributed by atoms with Crippen molar-refractivity contribution in [3.63, 3.8) is 0 Å². The molecule has 0 unspecified atom stereocenters. The molecule has 7 heteroatoms. The fraction of sp³-hybridized carbons (Fsp3) is 0.412. The first-order valence-corrected chi connectivity index (χ1v) is 7.53. The Bertz CT molecular complexity index is 633. The number of nitrogens with one attached hydrogen (secondary N) is 2. The molecular weight excluding hydrogens is 333 g/mol. The molecule has 1 saturated heterocycles. The number of terminal acetylenes is 1. The van der Waals surface area contributed by atoms with Crippen LogP contribution in [0.4, 0.5) is 4.39 Å². The van der Waals surface area contributed by atoms with Crippen LogP contribution in [0.2, 0.25) is 0 Å². The van der Waals surface area contributed by atoms with Crippen LogP contribution in [0.5, 0.6) is 0 Å². The van der Waals surface area contributed by atoms with E-state index in [1.165, 1.54) is 13.1 Å². The monoisotopic (exact) mass is 353 g/mol. The molecule has 0 spiro atoms. The van der Waals surface area contributed by atoms with E-state index in [4.69, 9.17) is 6.42 Å². The van der Waals surface area contributed by atoms with Crippen molar-refractivity contribution < 1.29 is 14.0 Å². The average molecular weight is 354 g/mol. The van der Waals surface area contributed by atoms with Crippen LogP contribution in [0.25, 0.3) is 0 Å². The van der Waals surface area contributed by atoms with E-state index in [9.17, 15) is 14.0 Å². The lowest BCUT2D eigenvalue weighted by molar-refractivity contribution is -0.131. The van der Waals surface area contributed by atoms with Gasteiger partial charge in [0, 0.05) is 19.2 Å². The molecule has 1 aromatic rings. The van der Waals surface area contributed by atoms with Crippen LogP contribution in [0.15, 0.2) is 24.3 Å². The molecule has 2 rings (SSSR count). The van der Waals surface area contributed by atoms with E-state index in [-0.39, 0.29) is 36.3 Å². The lowest BCUT2D eigenvalue weighted by Gasteiger charge is -2.31. The maximum Gasteiger partial charge on any atom is 0.241 e. The van der Waals surface area contributed by atoms with Crippen LogP contribution in [0, 0.1) is 18.2 Å². The number of carbonyl (C=O) groups is 2. The second-order valence-electron chi connectivity index (χ2n) is 5.36. The fourth-order valence-corrected chi connectivity index (χ4v) is 2.94. The third-order valence-electron chi connectivity index (χ3n) is 3.99. The number of rotatable bonds is 5. The van der Waals surface area contributed by atoms with Gasteiger partial charge in [-0.3, -0.25) is 14.5 Å². The molecule has 0 bridgehead atoms. The van der Waals surface area contributed by atoms with E-state index in [0.29, 0.717) is 13.0 Å². The van der Waals surface area contributed by atoms with Gasteiger partial charge in [-0.25, -0.2) is 4.39 Å². The summed E-state index contributed by atoms with van der Waals surface area (Å²) in [5.74, 6) is 1.32. The molecule has 130 valence electrons. The highest BCUT2D eigenvalue weighted by atomic mass is 35.5. The standard InChI is InChI=1S/C17H20FN3O2.ClH/c1-3-10-20-16(22)14-9-6-11-21(14)15(17(23)19-2)12-7-4-5-8-13(12)18;/h1,4-5,7-8,14-15H,6,9-11H2,2H3,(H,19,23)(H,20,22);1H/t14-,15+;/m0./s1. The second kappa shape index (κ2) is 9.26. The van der Waals surface area contributed by atoms with Crippen LogP contribution in [0.1, 0.15) is 24.4 Å². The molecule has 0 saturated carbocycles. The van der Waals surface area contributed by atoms with Gasteiger partial charge in [0.2, 0.25) is 11.8 Å². The van der Waals surface area contributed by atoms with Crippen LogP contribution in [-0.4, -0.2) is 42.9 Å². The van der Waals surface area contributed by atoms with Crippen molar-refractivity contribution in [2.45, 2.75) is 24.9 Å². The van der Waals surface area contributed by atoms with E-state index in [0.717, 1.165) is 6.42 Å². The molecule has 1 aliphatic rings. The molecule has 2 N–H and O–H groups in total. The number of hydrogen-bond acceptors (Lipinski definition) is 3. The van der Waals surface area contributed by atoms with Crippen LogP contribution in [0.3, 0.4) is 0 Å². The van der Waals surface area contributed by atoms with Gasteiger partial charge < -0.3 is 10.6 Å². The van der Waals surface area contributed by atoms with E-state index < -0.39 is 17.9 Å². The topological polar surface area (TPSA) is 61.4 Å². The fourth-order valence-electron chi connectivity index (χ4n) is 2.94. The molecule has 1 fully saturated rings. The van der Waals surface area contributed by atoms with E-state index in [1.54, 1.807) is 23.1 Å². The molecule has 2 atom stereocenters. The minimum Gasteiger partial charge on any atom is -0.358 e. The molecular formula is C17H21ClFN3O2. The molecule has 1 aliphatic heterocycles. The van der Waals surface area contributed by atoms with Crippen molar-refractivity contribution in [3.05, 3.63) is 35.6 Å². The normalized spacial score (nSPS) is 18.1. The number of amides is 2. The van der Waals surface area contributed by atoms with Gasteiger partial charge in [0.25, 0.3) is 0 Å². The first kappa shape index (κ1) is 19.9. The van der Waals surface area contributed by atoms with Crippen molar-refractivity contribution in [1.29, 1.82) is 0 Å². The first-order chi connectivity index (χ1) is 11.1. The van der Waals surface area contributed by atoms with Crippen LogP contribution < -0.4 is 10.6 Å². The Labute approximate surface area is 147 Å². The average Bonchev–Trinajstić information content (AvgIpc) is 3.03. The maximum absolute atomic E-state index is 14.2.